The Morgan fingerprint density at radius 2 is 2.26 bits per heavy atom. The fourth-order valence-electron chi connectivity index (χ4n) is 3.94. The summed E-state index contributed by atoms with van der Waals surface area (Å²) in [6.07, 6.45) is 4.54. The molecule has 102 valence electrons. The number of carbonyl (C=O) groups excluding carboxylic acids is 1. The predicted molar refractivity (Wildman–Crippen MR) is 63.0 cm³/mol. The van der Waals surface area contributed by atoms with Gasteiger partial charge in [0.2, 0.25) is 5.91 Å². The van der Waals surface area contributed by atoms with E-state index < -0.39 is 0 Å². The highest BCUT2D eigenvalue weighted by molar-refractivity contribution is 5.80. The molecule has 0 atom stereocenters. The minimum absolute atomic E-state index is 0.0289. The monoisotopic (exact) mass is 264 g/mol. The van der Waals surface area contributed by atoms with Gasteiger partial charge in [0.15, 0.2) is 0 Å². The lowest BCUT2D eigenvalue weighted by Crippen LogP contribution is -2.54. The molecule has 1 aromatic rings. The lowest BCUT2D eigenvalue weighted by Gasteiger charge is -2.46. The number of amides is 1. The number of hydrogen-bond donors (Lipinski definition) is 1. The number of ether oxygens (including phenoxy) is 1. The van der Waals surface area contributed by atoms with Gasteiger partial charge in [-0.15, -0.1) is 5.10 Å². The average Bonchev–Trinajstić information content (AvgIpc) is 3.02. The van der Waals surface area contributed by atoms with Gasteiger partial charge in [-0.2, -0.15) is 0 Å². The Hall–Kier alpha value is -1.47. The molecule has 0 radical (unpaired) electrons. The molecule has 1 saturated carbocycles. The molecule has 0 aromatic carbocycles. The first kappa shape index (κ1) is 11.4. The first-order chi connectivity index (χ1) is 9.17. The zero-order valence-corrected chi connectivity index (χ0v) is 10.6. The molecular weight excluding hydrogens is 248 g/mol. The second kappa shape index (κ2) is 3.55. The number of rotatable bonds is 2. The third-order valence-corrected chi connectivity index (χ3v) is 4.77. The molecule has 1 N–H and O–H groups in total. The van der Waals surface area contributed by atoms with Crippen LogP contribution in [0.5, 0.6) is 0 Å². The molecule has 1 spiro atoms. The third-order valence-electron chi connectivity index (χ3n) is 4.77. The minimum atomic E-state index is -0.118. The van der Waals surface area contributed by atoms with E-state index in [0.29, 0.717) is 18.8 Å². The van der Waals surface area contributed by atoms with Crippen LogP contribution >= 0.6 is 0 Å². The van der Waals surface area contributed by atoms with Crippen LogP contribution in [-0.2, 0) is 21.7 Å². The van der Waals surface area contributed by atoms with Crippen molar-refractivity contribution in [1.82, 2.24) is 19.9 Å². The zero-order valence-electron chi connectivity index (χ0n) is 10.6. The van der Waals surface area contributed by atoms with Crippen molar-refractivity contribution in [2.45, 2.75) is 36.9 Å². The summed E-state index contributed by atoms with van der Waals surface area (Å²) in [6.45, 7) is 1.43. The molecule has 5 rings (SSSR count). The van der Waals surface area contributed by atoms with Gasteiger partial charge in [0, 0.05) is 13.2 Å². The molecule has 2 bridgehead atoms. The second-order valence-electron chi connectivity index (χ2n) is 5.90. The maximum Gasteiger partial charge on any atom is 0.249 e. The highest BCUT2D eigenvalue weighted by Crippen LogP contribution is 2.59. The third kappa shape index (κ3) is 1.37. The van der Waals surface area contributed by atoms with Gasteiger partial charge in [-0.25, -0.2) is 4.68 Å². The summed E-state index contributed by atoms with van der Waals surface area (Å²) >= 11 is 0. The quantitative estimate of drug-likeness (QED) is 0.761. The Morgan fingerprint density at radius 1 is 1.42 bits per heavy atom. The number of aliphatic hydroxyl groups excluding tert-OH is 1. The molecule has 7 nitrogen and oxygen atoms in total. The normalized spacial score (nSPS) is 36.9. The van der Waals surface area contributed by atoms with E-state index in [0.717, 1.165) is 19.3 Å². The van der Waals surface area contributed by atoms with Crippen LogP contribution in [0.1, 0.15) is 25.0 Å². The zero-order chi connectivity index (χ0) is 13.1. The summed E-state index contributed by atoms with van der Waals surface area (Å²) in [4.78, 5) is 14.1. The van der Waals surface area contributed by atoms with E-state index >= 15 is 0 Å². The Bertz CT molecular complexity index is 535. The van der Waals surface area contributed by atoms with Gasteiger partial charge >= 0.3 is 0 Å². The summed E-state index contributed by atoms with van der Waals surface area (Å²) in [6, 6.07) is 0. The van der Waals surface area contributed by atoms with E-state index in [4.69, 9.17) is 9.84 Å². The molecule has 19 heavy (non-hydrogen) atoms. The van der Waals surface area contributed by atoms with Crippen LogP contribution in [0.25, 0.3) is 0 Å². The molecule has 3 saturated heterocycles. The SMILES string of the molecule is O=C1COCCC23CC(n4cc(CO)nn4)(CN12)C3. The van der Waals surface area contributed by atoms with Crippen LogP contribution in [-0.4, -0.2) is 56.2 Å². The minimum Gasteiger partial charge on any atom is -0.390 e. The number of nitrogens with zero attached hydrogens (tertiary/aromatic N) is 4. The van der Waals surface area contributed by atoms with Crippen molar-refractivity contribution in [3.05, 3.63) is 11.9 Å². The van der Waals surface area contributed by atoms with Gasteiger partial charge in [-0.3, -0.25) is 4.79 Å². The first-order valence-electron chi connectivity index (χ1n) is 6.58. The van der Waals surface area contributed by atoms with E-state index in [-0.39, 0.29) is 30.2 Å². The van der Waals surface area contributed by atoms with Crippen molar-refractivity contribution in [1.29, 1.82) is 0 Å². The fourth-order valence-corrected chi connectivity index (χ4v) is 3.94. The van der Waals surface area contributed by atoms with Crippen LogP contribution in [0.2, 0.25) is 0 Å². The molecule has 4 fully saturated rings. The second-order valence-corrected chi connectivity index (χ2v) is 5.90. The van der Waals surface area contributed by atoms with Crippen LogP contribution in [0.15, 0.2) is 6.20 Å². The van der Waals surface area contributed by atoms with Crippen LogP contribution in [0.4, 0.5) is 0 Å². The molecular formula is C12H16N4O3. The Morgan fingerprint density at radius 3 is 3.00 bits per heavy atom. The van der Waals surface area contributed by atoms with Gasteiger partial charge in [0.25, 0.3) is 0 Å². The summed E-state index contributed by atoms with van der Waals surface area (Å²) in [5.74, 6) is 0.0828. The van der Waals surface area contributed by atoms with E-state index in [2.05, 4.69) is 10.3 Å². The molecule has 3 aliphatic heterocycles. The van der Waals surface area contributed by atoms with Crippen LogP contribution in [0.3, 0.4) is 0 Å². The Labute approximate surface area is 110 Å². The highest BCUT2D eigenvalue weighted by atomic mass is 16.5. The van der Waals surface area contributed by atoms with Crippen molar-refractivity contribution >= 4 is 5.91 Å². The Balaban J connectivity index is 1.66. The fraction of sp³-hybridized carbons (Fsp3) is 0.750. The topological polar surface area (TPSA) is 80.5 Å². The molecule has 1 aliphatic carbocycles. The van der Waals surface area contributed by atoms with E-state index in [1.807, 2.05) is 9.58 Å². The smallest absolute Gasteiger partial charge is 0.249 e. The summed E-state index contributed by atoms with van der Waals surface area (Å²) in [5.41, 5.74) is 0.430. The van der Waals surface area contributed by atoms with E-state index in [1.54, 1.807) is 6.20 Å². The predicted octanol–water partition coefficient (Wildman–Crippen LogP) is -0.739. The number of aromatic nitrogens is 3. The number of carbonyl (C=O) groups is 1. The van der Waals surface area contributed by atoms with Crippen molar-refractivity contribution < 1.29 is 14.6 Å². The van der Waals surface area contributed by atoms with Gasteiger partial charge in [-0.1, -0.05) is 5.21 Å². The van der Waals surface area contributed by atoms with Crippen LogP contribution in [0, 0.1) is 0 Å². The maximum absolute atomic E-state index is 12.1. The molecule has 1 amide bonds. The van der Waals surface area contributed by atoms with Crippen molar-refractivity contribution in [2.75, 3.05) is 19.8 Å². The lowest BCUT2D eigenvalue weighted by atomic mass is 9.66. The maximum atomic E-state index is 12.1. The van der Waals surface area contributed by atoms with Gasteiger partial charge in [0.1, 0.15) is 12.3 Å². The van der Waals surface area contributed by atoms with Crippen molar-refractivity contribution in [3.8, 4) is 0 Å². The number of hydrogen-bond acceptors (Lipinski definition) is 5. The van der Waals surface area contributed by atoms with E-state index in [9.17, 15) is 4.79 Å². The summed E-state index contributed by atoms with van der Waals surface area (Å²) in [5, 5.41) is 17.1. The first-order valence-corrected chi connectivity index (χ1v) is 6.58. The molecule has 4 aliphatic rings. The van der Waals surface area contributed by atoms with Gasteiger partial charge < -0.3 is 14.7 Å². The standard InChI is InChI=1S/C12H16N4O3/c17-4-9-3-16(14-13-9)12-6-11(7-12)1-2-19-5-10(18)15(11)8-12/h3,17H,1-2,4-8H2. The average molecular weight is 264 g/mol. The Kier molecular flexibility index (Phi) is 2.12. The molecule has 7 heteroatoms. The molecule has 4 heterocycles. The van der Waals surface area contributed by atoms with Crippen LogP contribution < -0.4 is 0 Å². The molecule has 0 unspecified atom stereocenters. The van der Waals surface area contributed by atoms with Gasteiger partial charge in [-0.05, 0) is 19.3 Å². The largest absolute Gasteiger partial charge is 0.390 e. The highest BCUT2D eigenvalue weighted by Gasteiger charge is 2.68. The number of aliphatic hydroxyl groups is 1. The lowest BCUT2D eigenvalue weighted by molar-refractivity contribution is -0.136. The van der Waals surface area contributed by atoms with Gasteiger partial charge in [0.05, 0.1) is 23.9 Å². The van der Waals surface area contributed by atoms with Crippen molar-refractivity contribution in [2.24, 2.45) is 0 Å². The van der Waals surface area contributed by atoms with Crippen molar-refractivity contribution in [3.63, 3.8) is 0 Å². The van der Waals surface area contributed by atoms with E-state index in [1.165, 1.54) is 0 Å². The summed E-state index contributed by atoms with van der Waals surface area (Å²) < 4.78 is 7.17. The molecule has 1 aromatic heterocycles. The summed E-state index contributed by atoms with van der Waals surface area (Å²) in [7, 11) is 0.